The molecule has 1 rings (SSSR count). The number of alkyl carbamates (subject to hydrolysis) is 1. The van der Waals surface area contributed by atoms with E-state index in [-0.39, 0.29) is 18.0 Å². The van der Waals surface area contributed by atoms with E-state index in [2.05, 4.69) is 14.8 Å². The van der Waals surface area contributed by atoms with E-state index in [9.17, 15) is 9.59 Å². The Morgan fingerprint density at radius 1 is 1.38 bits per heavy atom. The second-order valence-corrected chi connectivity index (χ2v) is 3.79. The average molecular weight is 231 g/mol. The van der Waals surface area contributed by atoms with Gasteiger partial charge in [-0.3, -0.25) is 0 Å². The first-order valence-electron chi connectivity index (χ1n) is 5.13. The topological polar surface area (TPSA) is 73.9 Å². The molecule has 1 saturated heterocycles. The lowest BCUT2D eigenvalue weighted by molar-refractivity contribution is -0.154. The molecule has 1 N–H and O–H groups in total. The zero-order valence-electron chi connectivity index (χ0n) is 9.69. The van der Waals surface area contributed by atoms with Gasteiger partial charge in [0.25, 0.3) is 0 Å². The van der Waals surface area contributed by atoms with Crippen molar-refractivity contribution < 1.29 is 23.8 Å². The number of ether oxygens (including phenoxy) is 3. The Labute approximate surface area is 94.2 Å². The molecule has 0 spiro atoms. The highest BCUT2D eigenvalue weighted by atomic mass is 16.6. The predicted octanol–water partition coefficient (Wildman–Crippen LogP) is 0.309. The van der Waals surface area contributed by atoms with Crippen LogP contribution in [0.5, 0.6) is 0 Å². The number of hydrogen-bond donors (Lipinski definition) is 1. The van der Waals surface area contributed by atoms with E-state index in [1.807, 2.05) is 6.92 Å². The maximum atomic E-state index is 11.3. The fourth-order valence-corrected chi connectivity index (χ4v) is 1.74. The summed E-state index contributed by atoms with van der Waals surface area (Å²) in [6.45, 7) is 2.25. The van der Waals surface area contributed by atoms with E-state index >= 15 is 0 Å². The van der Waals surface area contributed by atoms with Crippen molar-refractivity contribution in [1.29, 1.82) is 0 Å². The van der Waals surface area contributed by atoms with Gasteiger partial charge in [0.2, 0.25) is 0 Å². The van der Waals surface area contributed by atoms with Gasteiger partial charge in [-0.2, -0.15) is 0 Å². The van der Waals surface area contributed by atoms with Gasteiger partial charge in [-0.05, 0) is 12.3 Å². The van der Waals surface area contributed by atoms with Crippen molar-refractivity contribution in [1.82, 2.24) is 5.32 Å². The number of carbonyl (C=O) groups excluding carboxylic acids is 2. The molecule has 16 heavy (non-hydrogen) atoms. The molecule has 0 aromatic rings. The molecule has 1 fully saturated rings. The Hall–Kier alpha value is -1.30. The molecule has 1 aliphatic rings. The minimum atomic E-state index is -0.533. The first-order chi connectivity index (χ1) is 7.58. The van der Waals surface area contributed by atoms with Gasteiger partial charge in [-0.15, -0.1) is 0 Å². The summed E-state index contributed by atoms with van der Waals surface area (Å²) in [5, 5.41) is 2.53. The Bertz CT molecular complexity index is 268. The van der Waals surface area contributed by atoms with Crippen LogP contribution in [0, 0.1) is 5.92 Å². The van der Waals surface area contributed by atoms with Crippen LogP contribution in [0.2, 0.25) is 0 Å². The van der Waals surface area contributed by atoms with Gasteiger partial charge < -0.3 is 19.5 Å². The van der Waals surface area contributed by atoms with Crippen LogP contribution in [0.1, 0.15) is 13.3 Å². The summed E-state index contributed by atoms with van der Waals surface area (Å²) in [6.07, 6.45) is -0.491. The summed E-state index contributed by atoms with van der Waals surface area (Å²) in [5.74, 6) is -0.273. The van der Waals surface area contributed by atoms with Crippen molar-refractivity contribution in [3.05, 3.63) is 0 Å². The van der Waals surface area contributed by atoms with E-state index in [1.165, 1.54) is 14.2 Å². The number of carbonyl (C=O) groups is 2. The first kappa shape index (κ1) is 12.8. The van der Waals surface area contributed by atoms with Crippen molar-refractivity contribution in [2.75, 3.05) is 20.8 Å². The van der Waals surface area contributed by atoms with Crippen LogP contribution in [0.4, 0.5) is 4.79 Å². The lowest BCUT2D eigenvalue weighted by Crippen LogP contribution is -2.33. The molecule has 6 heteroatoms. The van der Waals surface area contributed by atoms with Crippen molar-refractivity contribution >= 4 is 12.1 Å². The number of amides is 1. The maximum Gasteiger partial charge on any atom is 0.406 e. The third-order valence-corrected chi connectivity index (χ3v) is 2.58. The lowest BCUT2D eigenvalue weighted by atomic mass is 10.0. The van der Waals surface area contributed by atoms with E-state index in [1.54, 1.807) is 0 Å². The molecule has 0 saturated carbocycles. The Kier molecular flexibility index (Phi) is 4.54. The second-order valence-electron chi connectivity index (χ2n) is 3.79. The SMILES string of the molecule is COC(=O)NCC1CC(C)C(C(=O)OC)O1. The normalized spacial score (nSPS) is 28.6. The predicted molar refractivity (Wildman–Crippen MR) is 54.9 cm³/mol. The van der Waals surface area contributed by atoms with Crippen LogP contribution in [-0.2, 0) is 19.0 Å². The van der Waals surface area contributed by atoms with E-state index < -0.39 is 12.2 Å². The number of methoxy groups -OCH3 is 2. The molecular weight excluding hydrogens is 214 g/mol. The summed E-state index contributed by atoms with van der Waals surface area (Å²) >= 11 is 0. The zero-order chi connectivity index (χ0) is 12.1. The zero-order valence-corrected chi connectivity index (χ0v) is 9.69. The van der Waals surface area contributed by atoms with Crippen LogP contribution in [0.25, 0.3) is 0 Å². The fraction of sp³-hybridized carbons (Fsp3) is 0.800. The average Bonchev–Trinajstić information content (AvgIpc) is 2.66. The van der Waals surface area contributed by atoms with Crippen LogP contribution < -0.4 is 5.32 Å². The minimum absolute atomic E-state index is 0.0943. The van der Waals surface area contributed by atoms with Crippen LogP contribution in [-0.4, -0.2) is 45.0 Å². The number of nitrogens with one attached hydrogen (secondary N) is 1. The molecule has 0 bridgehead atoms. The molecule has 0 aromatic carbocycles. The summed E-state index contributed by atoms with van der Waals surface area (Å²) in [4.78, 5) is 22.1. The first-order valence-corrected chi connectivity index (χ1v) is 5.13. The van der Waals surface area contributed by atoms with E-state index in [4.69, 9.17) is 4.74 Å². The molecule has 6 nitrogen and oxygen atoms in total. The molecule has 92 valence electrons. The van der Waals surface area contributed by atoms with E-state index in [0.717, 1.165) is 0 Å². The second kappa shape index (κ2) is 5.69. The highest BCUT2D eigenvalue weighted by Gasteiger charge is 2.37. The van der Waals surface area contributed by atoms with Crippen molar-refractivity contribution in [2.45, 2.75) is 25.6 Å². The third-order valence-electron chi connectivity index (χ3n) is 2.58. The quantitative estimate of drug-likeness (QED) is 0.707. The van der Waals surface area contributed by atoms with Crippen molar-refractivity contribution in [2.24, 2.45) is 5.92 Å². The molecule has 0 radical (unpaired) electrons. The summed E-state index contributed by atoms with van der Waals surface area (Å²) in [6, 6.07) is 0. The molecule has 0 aliphatic carbocycles. The summed E-state index contributed by atoms with van der Waals surface area (Å²) in [7, 11) is 2.63. The standard InChI is InChI=1S/C10H17NO5/c1-6-4-7(5-11-10(13)15-3)16-8(6)9(12)14-2/h6-8H,4-5H2,1-3H3,(H,11,13). The van der Waals surface area contributed by atoms with Crippen molar-refractivity contribution in [3.63, 3.8) is 0 Å². The van der Waals surface area contributed by atoms with Gasteiger partial charge in [0, 0.05) is 6.54 Å². The fourth-order valence-electron chi connectivity index (χ4n) is 1.74. The van der Waals surface area contributed by atoms with Gasteiger partial charge in [-0.1, -0.05) is 6.92 Å². The van der Waals surface area contributed by atoms with Crippen LogP contribution in [0.15, 0.2) is 0 Å². The lowest BCUT2D eigenvalue weighted by Gasteiger charge is -2.13. The van der Waals surface area contributed by atoms with Crippen LogP contribution in [0.3, 0.4) is 0 Å². The number of esters is 1. The molecule has 1 amide bonds. The largest absolute Gasteiger partial charge is 0.467 e. The van der Waals surface area contributed by atoms with Gasteiger partial charge >= 0.3 is 12.1 Å². The Balaban J connectivity index is 2.38. The third kappa shape index (κ3) is 3.10. The highest BCUT2D eigenvalue weighted by molar-refractivity contribution is 5.75. The Morgan fingerprint density at radius 3 is 2.62 bits per heavy atom. The Morgan fingerprint density at radius 2 is 2.06 bits per heavy atom. The molecule has 0 aromatic heterocycles. The van der Waals surface area contributed by atoms with Crippen molar-refractivity contribution in [3.8, 4) is 0 Å². The van der Waals surface area contributed by atoms with E-state index in [0.29, 0.717) is 13.0 Å². The summed E-state index contributed by atoms with van der Waals surface area (Å²) < 4.78 is 14.5. The monoisotopic (exact) mass is 231 g/mol. The van der Waals surface area contributed by atoms with Gasteiger partial charge in [0.15, 0.2) is 6.10 Å². The molecule has 3 unspecified atom stereocenters. The molecule has 1 aliphatic heterocycles. The van der Waals surface area contributed by atoms with Gasteiger partial charge in [-0.25, -0.2) is 9.59 Å². The number of hydrogen-bond acceptors (Lipinski definition) is 5. The molecule has 1 heterocycles. The highest BCUT2D eigenvalue weighted by Crippen LogP contribution is 2.26. The van der Waals surface area contributed by atoms with Gasteiger partial charge in [0.1, 0.15) is 0 Å². The van der Waals surface area contributed by atoms with Gasteiger partial charge in [0.05, 0.1) is 20.3 Å². The number of rotatable bonds is 3. The minimum Gasteiger partial charge on any atom is -0.467 e. The molecular formula is C10H17NO5. The molecule has 3 atom stereocenters. The maximum absolute atomic E-state index is 11.3. The summed E-state index contributed by atoms with van der Waals surface area (Å²) in [5.41, 5.74) is 0. The van der Waals surface area contributed by atoms with Crippen LogP contribution >= 0.6 is 0 Å². The smallest absolute Gasteiger partial charge is 0.406 e.